The maximum Gasteiger partial charge on any atom is 0.276 e. The molecular formula is C26H29FN4O2S. The first-order valence-corrected chi connectivity index (χ1v) is 12.4. The molecule has 1 aromatic heterocycles. The van der Waals surface area contributed by atoms with Gasteiger partial charge in [0.25, 0.3) is 5.91 Å². The monoisotopic (exact) mass is 480 g/mol. The molecule has 1 N–H and O–H groups in total. The highest BCUT2D eigenvalue weighted by molar-refractivity contribution is 6.99. The van der Waals surface area contributed by atoms with Crippen molar-refractivity contribution < 1.29 is 14.0 Å². The van der Waals surface area contributed by atoms with Crippen LogP contribution in [0.5, 0.6) is 0 Å². The van der Waals surface area contributed by atoms with Crippen LogP contribution in [0.2, 0.25) is 0 Å². The van der Waals surface area contributed by atoms with Crippen LogP contribution in [-0.2, 0) is 11.3 Å². The van der Waals surface area contributed by atoms with Crippen LogP contribution in [0.4, 0.5) is 4.39 Å². The van der Waals surface area contributed by atoms with Gasteiger partial charge in [0.1, 0.15) is 11.9 Å². The Morgan fingerprint density at radius 1 is 1.12 bits per heavy atom. The first-order valence-electron chi connectivity index (χ1n) is 11.6. The van der Waals surface area contributed by atoms with Gasteiger partial charge >= 0.3 is 0 Å². The fourth-order valence-electron chi connectivity index (χ4n) is 4.49. The van der Waals surface area contributed by atoms with E-state index in [1.54, 1.807) is 12.1 Å². The van der Waals surface area contributed by atoms with E-state index < -0.39 is 11.9 Å². The Bertz CT molecular complexity index is 1130. The molecule has 6 nitrogen and oxygen atoms in total. The fraction of sp³-hybridized carbons (Fsp3) is 0.385. The van der Waals surface area contributed by atoms with Gasteiger partial charge in [-0.05, 0) is 55.5 Å². The van der Waals surface area contributed by atoms with E-state index in [2.05, 4.69) is 14.1 Å². The van der Waals surface area contributed by atoms with E-state index in [4.69, 9.17) is 0 Å². The van der Waals surface area contributed by atoms with Crippen LogP contribution in [0.3, 0.4) is 0 Å². The summed E-state index contributed by atoms with van der Waals surface area (Å²) in [6.07, 6.45) is 6.57. The summed E-state index contributed by atoms with van der Waals surface area (Å²) in [7, 11) is 0. The average Bonchev–Trinajstić information content (AvgIpc) is 3.37. The van der Waals surface area contributed by atoms with Gasteiger partial charge in [-0.15, -0.1) is 0 Å². The summed E-state index contributed by atoms with van der Waals surface area (Å²) in [5, 5.41) is 3.16. The molecule has 4 rings (SSSR count). The molecular weight excluding hydrogens is 451 g/mol. The number of carbonyl (C=O) groups is 2. The minimum atomic E-state index is -0.934. The highest BCUT2D eigenvalue weighted by atomic mass is 32.1. The molecule has 0 bridgehead atoms. The van der Waals surface area contributed by atoms with Crippen molar-refractivity contribution in [3.8, 4) is 0 Å². The molecule has 3 aromatic rings. The Kier molecular flexibility index (Phi) is 7.67. The lowest BCUT2D eigenvalue weighted by Gasteiger charge is -2.33. The van der Waals surface area contributed by atoms with Gasteiger partial charge in [-0.25, -0.2) is 4.39 Å². The molecule has 1 aliphatic rings. The van der Waals surface area contributed by atoms with Crippen LogP contribution in [-0.4, -0.2) is 31.5 Å². The average molecular weight is 481 g/mol. The predicted octanol–water partition coefficient (Wildman–Crippen LogP) is 5.13. The molecule has 8 heteroatoms. The van der Waals surface area contributed by atoms with Crippen molar-refractivity contribution in [1.82, 2.24) is 19.0 Å². The van der Waals surface area contributed by atoms with Crippen LogP contribution in [0.1, 0.15) is 70.9 Å². The van der Waals surface area contributed by atoms with Gasteiger partial charge in [-0.3, -0.25) is 9.59 Å². The summed E-state index contributed by atoms with van der Waals surface area (Å²) >= 11 is 0.946. The summed E-state index contributed by atoms with van der Waals surface area (Å²) in [6, 6.07) is 11.0. The molecule has 34 heavy (non-hydrogen) atoms. The van der Waals surface area contributed by atoms with Crippen LogP contribution < -0.4 is 5.32 Å². The molecule has 1 saturated carbocycles. The summed E-state index contributed by atoms with van der Waals surface area (Å²) in [5.74, 6) is -1.05. The molecule has 2 aromatic carbocycles. The molecule has 1 fully saturated rings. The predicted molar refractivity (Wildman–Crippen MR) is 130 cm³/mol. The van der Waals surface area contributed by atoms with Gasteiger partial charge in [0.2, 0.25) is 5.91 Å². The number of halogens is 1. The van der Waals surface area contributed by atoms with E-state index in [0.29, 0.717) is 5.56 Å². The second-order valence-electron chi connectivity index (χ2n) is 8.95. The highest BCUT2D eigenvalue weighted by Gasteiger charge is 2.34. The number of amides is 2. The number of aryl methyl sites for hydroxylation is 2. The highest BCUT2D eigenvalue weighted by Crippen LogP contribution is 2.28. The molecule has 1 heterocycles. The second-order valence-corrected chi connectivity index (χ2v) is 9.51. The number of carbonyl (C=O) groups excluding carboxylic acids is 2. The lowest BCUT2D eigenvalue weighted by atomic mass is 9.94. The Hall–Kier alpha value is -3.13. The Morgan fingerprint density at radius 2 is 1.85 bits per heavy atom. The summed E-state index contributed by atoms with van der Waals surface area (Å²) in [4.78, 5) is 28.9. The minimum absolute atomic E-state index is 0.0720. The molecule has 0 saturated heterocycles. The van der Waals surface area contributed by atoms with Gasteiger partial charge in [-0.1, -0.05) is 55.2 Å². The summed E-state index contributed by atoms with van der Waals surface area (Å²) in [6.45, 7) is 4.19. The summed E-state index contributed by atoms with van der Waals surface area (Å²) < 4.78 is 21.9. The van der Waals surface area contributed by atoms with Crippen molar-refractivity contribution in [1.29, 1.82) is 0 Å². The largest absolute Gasteiger partial charge is 0.351 e. The Balaban J connectivity index is 1.75. The lowest BCUT2D eigenvalue weighted by Crippen LogP contribution is -2.47. The second kappa shape index (κ2) is 10.9. The van der Waals surface area contributed by atoms with Crippen molar-refractivity contribution in [2.45, 2.75) is 64.6 Å². The van der Waals surface area contributed by atoms with Crippen LogP contribution in [0, 0.1) is 19.7 Å². The van der Waals surface area contributed by atoms with E-state index in [-0.39, 0.29) is 30.1 Å². The van der Waals surface area contributed by atoms with E-state index in [1.165, 1.54) is 29.7 Å². The minimum Gasteiger partial charge on any atom is -0.351 e. The van der Waals surface area contributed by atoms with E-state index >= 15 is 0 Å². The molecule has 178 valence electrons. The van der Waals surface area contributed by atoms with Gasteiger partial charge < -0.3 is 10.2 Å². The zero-order valence-corrected chi connectivity index (χ0v) is 20.3. The van der Waals surface area contributed by atoms with Crippen molar-refractivity contribution >= 4 is 23.5 Å². The van der Waals surface area contributed by atoms with Crippen molar-refractivity contribution in [2.75, 3.05) is 0 Å². The first kappa shape index (κ1) is 24.0. The maximum absolute atomic E-state index is 13.8. The third-order valence-electron chi connectivity index (χ3n) is 6.38. The van der Waals surface area contributed by atoms with Crippen LogP contribution in [0.25, 0.3) is 0 Å². The third kappa shape index (κ3) is 5.67. The molecule has 1 aliphatic carbocycles. The fourth-order valence-corrected chi connectivity index (χ4v) is 4.89. The quantitative estimate of drug-likeness (QED) is 0.509. The molecule has 2 amide bonds. The third-order valence-corrected chi connectivity index (χ3v) is 6.86. The van der Waals surface area contributed by atoms with Crippen LogP contribution in [0.15, 0.2) is 48.7 Å². The van der Waals surface area contributed by atoms with Crippen molar-refractivity contribution in [2.24, 2.45) is 0 Å². The number of hydrogen-bond acceptors (Lipinski definition) is 5. The van der Waals surface area contributed by atoms with E-state index in [0.717, 1.165) is 54.1 Å². The molecule has 1 atom stereocenters. The SMILES string of the molecule is Cc1ccc(C)c(CN(C(=O)c2cnsn2)C(C(=O)NC2CCCCC2)c2ccc(F)cc2)c1. The molecule has 0 aliphatic heterocycles. The van der Waals surface area contributed by atoms with Gasteiger partial charge in [0, 0.05) is 12.6 Å². The van der Waals surface area contributed by atoms with E-state index in [1.807, 2.05) is 32.0 Å². The number of rotatable bonds is 7. The van der Waals surface area contributed by atoms with E-state index in [9.17, 15) is 14.0 Å². The zero-order valence-electron chi connectivity index (χ0n) is 19.5. The normalized spacial score (nSPS) is 15.0. The van der Waals surface area contributed by atoms with Gasteiger partial charge in [0.15, 0.2) is 5.69 Å². The lowest BCUT2D eigenvalue weighted by molar-refractivity contribution is -0.127. The van der Waals surface area contributed by atoms with Crippen LogP contribution >= 0.6 is 11.7 Å². The maximum atomic E-state index is 13.8. The zero-order chi connectivity index (χ0) is 24.1. The first-order chi connectivity index (χ1) is 16.4. The Labute approximate surface area is 203 Å². The van der Waals surface area contributed by atoms with Gasteiger partial charge in [0.05, 0.1) is 17.9 Å². The Morgan fingerprint density at radius 3 is 2.53 bits per heavy atom. The molecule has 1 unspecified atom stereocenters. The number of nitrogens with one attached hydrogen (secondary N) is 1. The number of nitrogens with zero attached hydrogens (tertiary/aromatic N) is 3. The smallest absolute Gasteiger partial charge is 0.276 e. The number of hydrogen-bond donors (Lipinski definition) is 1. The van der Waals surface area contributed by atoms with Crippen molar-refractivity contribution in [3.05, 3.63) is 82.4 Å². The molecule has 0 radical (unpaired) electrons. The molecule has 0 spiro atoms. The standard InChI is InChI=1S/C26H29FN4O2S/c1-17-8-9-18(2)20(14-17)16-31(26(33)23-15-28-34-30-23)24(19-10-12-21(27)13-11-19)25(32)29-22-6-4-3-5-7-22/h8-15,22,24H,3-7,16H2,1-2H3,(H,29,32). The van der Waals surface area contributed by atoms with Crippen molar-refractivity contribution in [3.63, 3.8) is 0 Å². The number of benzene rings is 2. The van der Waals surface area contributed by atoms with Gasteiger partial charge in [-0.2, -0.15) is 8.75 Å². The topological polar surface area (TPSA) is 75.2 Å². The summed E-state index contributed by atoms with van der Waals surface area (Å²) in [5.41, 5.74) is 3.76. The number of aromatic nitrogens is 2.